The van der Waals surface area contributed by atoms with Crippen molar-refractivity contribution in [2.24, 2.45) is 5.92 Å². The highest BCUT2D eigenvalue weighted by atomic mass is 19.1. The van der Waals surface area contributed by atoms with Crippen LogP contribution in [0.3, 0.4) is 0 Å². The molecule has 0 atom stereocenters. The van der Waals surface area contributed by atoms with Gasteiger partial charge in [0, 0.05) is 12.2 Å². The van der Waals surface area contributed by atoms with Crippen LogP contribution in [0.25, 0.3) is 0 Å². The van der Waals surface area contributed by atoms with Crippen molar-refractivity contribution in [3.63, 3.8) is 0 Å². The lowest BCUT2D eigenvalue weighted by Crippen LogP contribution is -2.11. The molecular weight excluding hydrogens is 186 g/mol. The molecule has 1 rings (SSSR count). The highest BCUT2D eigenvalue weighted by Gasteiger charge is 2.09. The van der Waals surface area contributed by atoms with Crippen LogP contribution >= 0.6 is 0 Å². The third-order valence-corrected chi connectivity index (χ3v) is 1.75. The van der Waals surface area contributed by atoms with Gasteiger partial charge in [0.2, 0.25) is 0 Å². The quantitative estimate of drug-likeness (QED) is 0.736. The number of rotatable bonds is 3. The average Bonchev–Trinajstić information content (AvgIpc) is 2.01. The lowest BCUT2D eigenvalue weighted by atomic mass is 10.2. The van der Waals surface area contributed by atoms with E-state index in [-0.39, 0.29) is 11.4 Å². The molecule has 0 fully saturated rings. The summed E-state index contributed by atoms with van der Waals surface area (Å²) < 4.78 is 26.4. The molecule has 0 amide bonds. The van der Waals surface area contributed by atoms with Gasteiger partial charge in [-0.3, -0.25) is 0 Å². The van der Waals surface area contributed by atoms with Gasteiger partial charge in [-0.1, -0.05) is 13.8 Å². The van der Waals surface area contributed by atoms with Crippen molar-refractivity contribution in [2.75, 3.05) is 17.6 Å². The third kappa shape index (κ3) is 2.58. The summed E-state index contributed by atoms with van der Waals surface area (Å²) in [5, 5.41) is 2.70. The van der Waals surface area contributed by atoms with Crippen molar-refractivity contribution in [1.29, 1.82) is 0 Å². The van der Waals surface area contributed by atoms with E-state index in [1.165, 1.54) is 0 Å². The number of nitrogen functional groups attached to an aromatic ring is 1. The highest BCUT2D eigenvalue weighted by molar-refractivity contribution is 5.53. The van der Waals surface area contributed by atoms with E-state index in [9.17, 15) is 8.78 Å². The number of halogens is 2. The number of hydrogen-bond acceptors (Lipinski definition) is 2. The molecule has 0 radical (unpaired) electrons. The Bertz CT molecular complexity index is 301. The molecule has 1 aromatic rings. The summed E-state index contributed by atoms with van der Waals surface area (Å²) >= 11 is 0. The Hall–Kier alpha value is -1.32. The van der Waals surface area contributed by atoms with E-state index in [2.05, 4.69) is 5.32 Å². The van der Waals surface area contributed by atoms with Crippen LogP contribution in [0, 0.1) is 17.6 Å². The van der Waals surface area contributed by atoms with Gasteiger partial charge in [-0.2, -0.15) is 0 Å². The minimum Gasteiger partial charge on any atom is -0.399 e. The Labute approximate surface area is 82.1 Å². The predicted octanol–water partition coefficient (Wildman–Crippen LogP) is 2.61. The molecule has 0 unspecified atom stereocenters. The van der Waals surface area contributed by atoms with Crippen molar-refractivity contribution in [3.8, 4) is 0 Å². The van der Waals surface area contributed by atoms with E-state index in [0.29, 0.717) is 12.5 Å². The van der Waals surface area contributed by atoms with E-state index < -0.39 is 11.6 Å². The molecule has 0 saturated heterocycles. The summed E-state index contributed by atoms with van der Waals surface area (Å²) in [5.41, 5.74) is 5.27. The van der Waals surface area contributed by atoms with Crippen LogP contribution in [0.4, 0.5) is 20.2 Å². The van der Waals surface area contributed by atoms with Crippen LogP contribution in [0.15, 0.2) is 12.1 Å². The van der Waals surface area contributed by atoms with Gasteiger partial charge in [-0.25, -0.2) is 8.78 Å². The molecule has 2 nitrogen and oxygen atoms in total. The second-order valence-corrected chi connectivity index (χ2v) is 3.63. The van der Waals surface area contributed by atoms with Crippen molar-refractivity contribution in [2.45, 2.75) is 13.8 Å². The van der Waals surface area contributed by atoms with E-state index in [1.807, 2.05) is 13.8 Å². The van der Waals surface area contributed by atoms with Crippen LogP contribution in [0.2, 0.25) is 0 Å². The van der Waals surface area contributed by atoms with Crippen LogP contribution < -0.4 is 11.1 Å². The average molecular weight is 200 g/mol. The summed E-state index contributed by atoms with van der Waals surface area (Å²) in [7, 11) is 0. The van der Waals surface area contributed by atoms with Gasteiger partial charge in [0.25, 0.3) is 0 Å². The Kier molecular flexibility index (Phi) is 3.28. The van der Waals surface area contributed by atoms with Crippen molar-refractivity contribution >= 4 is 11.4 Å². The molecule has 0 saturated carbocycles. The van der Waals surface area contributed by atoms with E-state index in [4.69, 9.17) is 5.73 Å². The maximum absolute atomic E-state index is 13.2. The maximum Gasteiger partial charge on any atom is 0.151 e. The topological polar surface area (TPSA) is 38.0 Å². The first kappa shape index (κ1) is 10.8. The SMILES string of the molecule is CC(C)CNc1c(F)cc(N)cc1F. The number of nitrogens with two attached hydrogens (primary N) is 1. The summed E-state index contributed by atoms with van der Waals surface area (Å²) in [6.45, 7) is 4.44. The van der Waals surface area contributed by atoms with Crippen LogP contribution in [-0.4, -0.2) is 6.54 Å². The molecular formula is C10H14F2N2. The largest absolute Gasteiger partial charge is 0.399 e. The normalized spacial score (nSPS) is 10.6. The molecule has 0 heterocycles. The highest BCUT2D eigenvalue weighted by Crippen LogP contribution is 2.21. The van der Waals surface area contributed by atoms with Gasteiger partial charge in [-0.05, 0) is 18.1 Å². The van der Waals surface area contributed by atoms with Crippen molar-refractivity contribution in [3.05, 3.63) is 23.8 Å². The molecule has 78 valence electrons. The third-order valence-electron chi connectivity index (χ3n) is 1.75. The summed E-state index contributed by atoms with van der Waals surface area (Å²) in [4.78, 5) is 0. The predicted molar refractivity (Wildman–Crippen MR) is 54.1 cm³/mol. The molecule has 0 aliphatic rings. The maximum atomic E-state index is 13.2. The summed E-state index contributed by atoms with van der Waals surface area (Å²) in [5.74, 6) is -0.974. The Balaban J connectivity index is 2.86. The van der Waals surface area contributed by atoms with Gasteiger partial charge in [0.05, 0.1) is 0 Å². The Morgan fingerprint density at radius 2 is 1.79 bits per heavy atom. The van der Waals surface area contributed by atoms with Crippen molar-refractivity contribution in [1.82, 2.24) is 0 Å². The van der Waals surface area contributed by atoms with Gasteiger partial charge in [-0.15, -0.1) is 0 Å². The molecule has 0 aliphatic heterocycles. The van der Waals surface area contributed by atoms with Crippen LogP contribution in [0.1, 0.15) is 13.8 Å². The summed E-state index contributed by atoms with van der Waals surface area (Å²) in [6, 6.07) is 2.21. The smallest absolute Gasteiger partial charge is 0.151 e. The van der Waals surface area contributed by atoms with Crippen LogP contribution in [-0.2, 0) is 0 Å². The van der Waals surface area contributed by atoms with Gasteiger partial charge in [0.15, 0.2) is 11.6 Å². The lowest BCUT2D eigenvalue weighted by molar-refractivity contribution is 0.583. The minimum atomic E-state index is -0.650. The Morgan fingerprint density at radius 3 is 2.21 bits per heavy atom. The number of hydrogen-bond donors (Lipinski definition) is 2. The second kappa shape index (κ2) is 4.26. The number of nitrogens with one attached hydrogen (secondary N) is 1. The molecule has 0 aromatic heterocycles. The second-order valence-electron chi connectivity index (χ2n) is 3.63. The first-order valence-electron chi connectivity index (χ1n) is 4.49. The Morgan fingerprint density at radius 1 is 1.29 bits per heavy atom. The fourth-order valence-corrected chi connectivity index (χ4v) is 1.07. The lowest BCUT2D eigenvalue weighted by Gasteiger charge is -2.11. The summed E-state index contributed by atoms with van der Waals surface area (Å²) in [6.07, 6.45) is 0. The fourth-order valence-electron chi connectivity index (χ4n) is 1.07. The van der Waals surface area contributed by atoms with E-state index >= 15 is 0 Å². The van der Waals surface area contributed by atoms with Gasteiger partial charge < -0.3 is 11.1 Å². The molecule has 0 spiro atoms. The molecule has 1 aromatic carbocycles. The molecule has 0 aliphatic carbocycles. The first-order valence-corrected chi connectivity index (χ1v) is 4.49. The van der Waals surface area contributed by atoms with Crippen molar-refractivity contribution < 1.29 is 8.78 Å². The fraction of sp³-hybridized carbons (Fsp3) is 0.400. The van der Waals surface area contributed by atoms with E-state index in [1.54, 1.807) is 0 Å². The van der Waals surface area contributed by atoms with E-state index in [0.717, 1.165) is 12.1 Å². The van der Waals surface area contributed by atoms with Crippen LogP contribution in [0.5, 0.6) is 0 Å². The molecule has 3 N–H and O–H groups in total. The zero-order chi connectivity index (χ0) is 10.7. The molecule has 0 bridgehead atoms. The zero-order valence-corrected chi connectivity index (χ0v) is 8.27. The van der Waals surface area contributed by atoms with Gasteiger partial charge >= 0.3 is 0 Å². The standard InChI is InChI=1S/C10H14F2N2/c1-6(2)5-14-10-8(11)3-7(13)4-9(10)12/h3-4,6,14H,5,13H2,1-2H3. The zero-order valence-electron chi connectivity index (χ0n) is 8.27. The van der Waals surface area contributed by atoms with Gasteiger partial charge in [0.1, 0.15) is 5.69 Å². The first-order chi connectivity index (χ1) is 6.50. The monoisotopic (exact) mass is 200 g/mol. The molecule has 14 heavy (non-hydrogen) atoms. The number of anilines is 2. The molecule has 4 heteroatoms. The minimum absolute atomic E-state index is 0.0927. The number of benzene rings is 1.